The molecule has 0 nitrogen and oxygen atoms in total. The van der Waals surface area contributed by atoms with Gasteiger partial charge in [-0.3, -0.25) is 0 Å². The van der Waals surface area contributed by atoms with Crippen molar-refractivity contribution in [3.05, 3.63) is 12.2 Å². The molecule has 0 amide bonds. The average molecular weight is 181 g/mol. The fourth-order valence-electron chi connectivity index (χ4n) is 0.433. The summed E-state index contributed by atoms with van der Waals surface area (Å²) in [6, 6.07) is 0. The van der Waals surface area contributed by atoms with Gasteiger partial charge in [-0.1, -0.05) is 21.5 Å². The van der Waals surface area contributed by atoms with Crippen molar-refractivity contribution in [2.24, 2.45) is 0 Å². The highest BCUT2D eigenvalue weighted by Gasteiger charge is 2.01. The lowest BCUT2D eigenvalue weighted by molar-refractivity contribution is 0.368. The lowest BCUT2D eigenvalue weighted by Crippen LogP contribution is -2.00. The van der Waals surface area contributed by atoms with Crippen LogP contribution in [0.5, 0.6) is 0 Å². The summed E-state index contributed by atoms with van der Waals surface area (Å²) >= 11 is 3.03. The van der Waals surface area contributed by atoms with E-state index in [0.717, 1.165) is 5.57 Å². The molecule has 0 radical (unpaired) electrons. The first kappa shape index (κ1) is 8.15. The summed E-state index contributed by atoms with van der Waals surface area (Å²) in [6.07, 6.45) is -0.280. The zero-order valence-electron chi connectivity index (χ0n) is 4.95. The molecule has 0 unspecified atom stereocenters. The smallest absolute Gasteiger partial charge is 0.113 e. The minimum atomic E-state index is -0.757. The lowest BCUT2D eigenvalue weighted by atomic mass is 10.2. The van der Waals surface area contributed by atoms with Crippen LogP contribution in [-0.2, 0) is 0 Å². The molecule has 0 rings (SSSR count). The van der Waals surface area contributed by atoms with Crippen LogP contribution < -0.4 is 0 Å². The van der Waals surface area contributed by atoms with Crippen LogP contribution in [0.1, 0.15) is 13.3 Å². The van der Waals surface area contributed by atoms with Crippen molar-refractivity contribution in [1.82, 2.24) is 0 Å². The van der Waals surface area contributed by atoms with Gasteiger partial charge in [-0.2, -0.15) is 0 Å². The van der Waals surface area contributed by atoms with Gasteiger partial charge in [-0.25, -0.2) is 4.39 Å². The van der Waals surface area contributed by atoms with Gasteiger partial charge in [-0.05, 0) is 13.3 Å². The van der Waals surface area contributed by atoms with E-state index < -0.39 is 6.17 Å². The molecule has 0 saturated carbocycles. The van der Waals surface area contributed by atoms with E-state index in [9.17, 15) is 4.39 Å². The highest BCUT2D eigenvalue weighted by Crippen LogP contribution is 2.07. The number of hydrogen-bond acceptors (Lipinski definition) is 0. The molecule has 0 aromatic carbocycles. The van der Waals surface area contributed by atoms with Crippen LogP contribution >= 0.6 is 15.9 Å². The zero-order valence-corrected chi connectivity index (χ0v) is 6.54. The van der Waals surface area contributed by atoms with E-state index in [1.807, 2.05) is 6.92 Å². The van der Waals surface area contributed by atoms with Crippen molar-refractivity contribution in [3.8, 4) is 0 Å². The normalized spacial score (nSPS) is 13.4. The van der Waals surface area contributed by atoms with Gasteiger partial charge in [0, 0.05) is 5.33 Å². The highest BCUT2D eigenvalue weighted by molar-refractivity contribution is 9.09. The van der Waals surface area contributed by atoms with Gasteiger partial charge < -0.3 is 0 Å². The quantitative estimate of drug-likeness (QED) is 0.463. The number of rotatable bonds is 3. The van der Waals surface area contributed by atoms with Crippen LogP contribution in [0.25, 0.3) is 0 Å². The molecule has 8 heavy (non-hydrogen) atoms. The number of halogens is 2. The average Bonchev–Trinajstić information content (AvgIpc) is 1.65. The maximum Gasteiger partial charge on any atom is 0.113 e. The topological polar surface area (TPSA) is 0 Å². The van der Waals surface area contributed by atoms with Crippen molar-refractivity contribution < 1.29 is 4.39 Å². The van der Waals surface area contributed by atoms with Gasteiger partial charge in [0.2, 0.25) is 0 Å². The van der Waals surface area contributed by atoms with Crippen molar-refractivity contribution in [1.29, 1.82) is 0 Å². The van der Waals surface area contributed by atoms with Gasteiger partial charge in [0.15, 0.2) is 0 Å². The molecule has 0 aliphatic heterocycles. The van der Waals surface area contributed by atoms with Crippen LogP contribution in [0.4, 0.5) is 4.39 Å². The SMILES string of the molecule is C=C(C)C[C@@H](F)CBr. The lowest BCUT2D eigenvalue weighted by Gasteiger charge is -2.00. The van der Waals surface area contributed by atoms with Gasteiger partial charge in [0.1, 0.15) is 6.17 Å². The van der Waals surface area contributed by atoms with Crippen LogP contribution in [0.3, 0.4) is 0 Å². The molecule has 0 saturated heterocycles. The minimum absolute atomic E-state index is 0.417. The molecule has 2 heteroatoms. The van der Waals surface area contributed by atoms with E-state index in [1.54, 1.807) is 0 Å². The minimum Gasteiger partial charge on any atom is -0.246 e. The Morgan fingerprint density at radius 3 is 2.50 bits per heavy atom. The van der Waals surface area contributed by atoms with E-state index in [2.05, 4.69) is 22.5 Å². The van der Waals surface area contributed by atoms with Gasteiger partial charge in [0.25, 0.3) is 0 Å². The predicted molar refractivity (Wildman–Crippen MR) is 38.1 cm³/mol. The first-order valence-electron chi connectivity index (χ1n) is 2.51. The summed E-state index contributed by atoms with van der Waals surface area (Å²) in [5.74, 6) is 0. The molecule has 0 aliphatic carbocycles. The highest BCUT2D eigenvalue weighted by atomic mass is 79.9. The van der Waals surface area contributed by atoms with Gasteiger partial charge in [0.05, 0.1) is 0 Å². The van der Waals surface area contributed by atoms with Gasteiger partial charge >= 0.3 is 0 Å². The van der Waals surface area contributed by atoms with Crippen molar-refractivity contribution >= 4 is 15.9 Å². The monoisotopic (exact) mass is 180 g/mol. The van der Waals surface area contributed by atoms with Crippen molar-refractivity contribution in [2.45, 2.75) is 19.5 Å². The van der Waals surface area contributed by atoms with E-state index >= 15 is 0 Å². The molecule has 0 N–H and O–H groups in total. The Morgan fingerprint density at radius 1 is 1.88 bits per heavy atom. The Bertz CT molecular complexity index is 80.6. The summed E-state index contributed by atoms with van der Waals surface area (Å²) < 4.78 is 12.3. The van der Waals surface area contributed by atoms with Crippen molar-refractivity contribution in [3.63, 3.8) is 0 Å². The molecular formula is C6H10BrF. The Balaban J connectivity index is 3.24. The number of alkyl halides is 2. The molecule has 0 fully saturated rings. The summed E-state index contributed by atoms with van der Waals surface area (Å²) in [5.41, 5.74) is 0.900. The van der Waals surface area contributed by atoms with Crippen LogP contribution in [0, 0.1) is 0 Å². The van der Waals surface area contributed by atoms with Crippen molar-refractivity contribution in [2.75, 3.05) is 5.33 Å². The first-order chi connectivity index (χ1) is 3.66. The standard InChI is InChI=1S/C6H10BrF/c1-5(2)3-6(8)4-7/h6H,1,3-4H2,2H3/t6-/m1/s1. The van der Waals surface area contributed by atoms with Crippen LogP contribution in [-0.4, -0.2) is 11.5 Å². The second-order valence-electron chi connectivity index (χ2n) is 1.91. The second-order valence-corrected chi connectivity index (χ2v) is 2.56. The fourth-order valence-corrected chi connectivity index (χ4v) is 0.662. The maximum absolute atomic E-state index is 12.3. The van der Waals surface area contributed by atoms with Crippen LogP contribution in [0.2, 0.25) is 0 Å². The van der Waals surface area contributed by atoms with E-state index in [0.29, 0.717) is 11.8 Å². The maximum atomic E-state index is 12.3. The van der Waals surface area contributed by atoms with Crippen LogP contribution in [0.15, 0.2) is 12.2 Å². The zero-order chi connectivity index (χ0) is 6.57. The summed E-state index contributed by atoms with van der Waals surface area (Å²) in [6.45, 7) is 5.41. The van der Waals surface area contributed by atoms with E-state index in [4.69, 9.17) is 0 Å². The molecular weight excluding hydrogens is 171 g/mol. The van der Waals surface area contributed by atoms with Gasteiger partial charge in [-0.15, -0.1) is 6.58 Å². The molecule has 0 aromatic heterocycles. The Morgan fingerprint density at radius 2 is 2.38 bits per heavy atom. The Kier molecular flexibility index (Phi) is 4.15. The third-order valence-electron chi connectivity index (χ3n) is 0.737. The molecule has 0 heterocycles. The molecule has 0 spiro atoms. The predicted octanol–water partition coefficient (Wildman–Crippen LogP) is 2.69. The summed E-state index contributed by atoms with van der Waals surface area (Å²) in [7, 11) is 0. The molecule has 48 valence electrons. The summed E-state index contributed by atoms with van der Waals surface area (Å²) in [5, 5.41) is 0.417. The molecule has 0 aliphatic rings. The second kappa shape index (κ2) is 4.07. The van der Waals surface area contributed by atoms with E-state index in [1.165, 1.54) is 0 Å². The number of hydrogen-bond donors (Lipinski definition) is 0. The Labute approximate surface area is 57.9 Å². The molecule has 0 aromatic rings. The third-order valence-corrected chi connectivity index (χ3v) is 1.44. The third kappa shape index (κ3) is 4.31. The summed E-state index contributed by atoms with van der Waals surface area (Å²) in [4.78, 5) is 0. The molecule has 1 atom stereocenters. The first-order valence-corrected chi connectivity index (χ1v) is 3.63. The fraction of sp³-hybridized carbons (Fsp3) is 0.667. The number of allylic oxidation sites excluding steroid dienone is 1. The molecule has 0 bridgehead atoms. The van der Waals surface area contributed by atoms with E-state index in [-0.39, 0.29) is 0 Å². The largest absolute Gasteiger partial charge is 0.246 e. The Hall–Kier alpha value is 0.150.